The Kier molecular flexibility index (Phi) is 7.05. The Morgan fingerprint density at radius 2 is 2.14 bits per heavy atom. The topological polar surface area (TPSA) is 122 Å². The van der Waals surface area contributed by atoms with Gasteiger partial charge in [0.15, 0.2) is 0 Å². The summed E-state index contributed by atoms with van der Waals surface area (Å²) in [5.41, 5.74) is 9.16. The second kappa shape index (κ2) is 10.4. The van der Waals surface area contributed by atoms with Gasteiger partial charge in [0, 0.05) is 48.5 Å². The number of thiophene rings is 1. The number of imidazole rings is 1. The van der Waals surface area contributed by atoms with Crippen molar-refractivity contribution in [2.45, 2.75) is 32.0 Å². The molecule has 2 atom stereocenters. The lowest BCUT2D eigenvalue weighted by Gasteiger charge is -2.16. The quantitative estimate of drug-likeness (QED) is 0.296. The molecule has 11 heteroatoms. The Morgan fingerprint density at radius 1 is 1.32 bits per heavy atom. The fourth-order valence-corrected chi connectivity index (χ4v) is 5.88. The molecule has 3 aromatic heterocycles. The van der Waals surface area contributed by atoms with Gasteiger partial charge in [0.1, 0.15) is 22.4 Å². The molecule has 37 heavy (non-hydrogen) atoms. The highest BCUT2D eigenvalue weighted by Gasteiger charge is 2.24. The highest BCUT2D eigenvalue weighted by molar-refractivity contribution is 7.17. The number of nitrogens with one attached hydrogen (secondary N) is 1. The molecule has 2 amide bonds. The Hall–Kier alpha value is -3.60. The molecule has 0 spiro atoms. The third-order valence-electron chi connectivity index (χ3n) is 6.39. The number of likely N-dealkylation sites (tertiary alicyclic amines) is 1. The van der Waals surface area contributed by atoms with Gasteiger partial charge in [-0.3, -0.25) is 14.1 Å². The minimum atomic E-state index is -0.993. The molecule has 0 radical (unpaired) electrons. The van der Waals surface area contributed by atoms with Crippen molar-refractivity contribution >= 4 is 40.6 Å². The lowest BCUT2D eigenvalue weighted by Crippen LogP contribution is -2.35. The van der Waals surface area contributed by atoms with Crippen molar-refractivity contribution in [1.82, 2.24) is 19.6 Å². The number of hydrogen-bond acceptors (Lipinski definition) is 6. The molecule has 4 aromatic rings. The summed E-state index contributed by atoms with van der Waals surface area (Å²) >= 11 is 7.59. The van der Waals surface area contributed by atoms with Gasteiger partial charge in [-0.25, -0.2) is 9.78 Å². The third-order valence-corrected chi connectivity index (χ3v) is 7.89. The average Bonchev–Trinajstić information content (AvgIpc) is 3.57. The summed E-state index contributed by atoms with van der Waals surface area (Å²) < 4.78 is 8.14. The Bertz CT molecular complexity index is 1470. The molecule has 1 aromatic carbocycles. The second-order valence-corrected chi connectivity index (χ2v) is 10.5. The summed E-state index contributed by atoms with van der Waals surface area (Å²) in [6, 6.07) is 13.1. The van der Waals surface area contributed by atoms with Crippen molar-refractivity contribution in [2.24, 2.45) is 5.73 Å². The smallest absolute Gasteiger partial charge is 0.404 e. The molecule has 1 saturated heterocycles. The van der Waals surface area contributed by atoms with Gasteiger partial charge in [0.05, 0.1) is 16.8 Å². The van der Waals surface area contributed by atoms with Crippen LogP contribution in [-0.4, -0.2) is 50.5 Å². The number of nitrogens with two attached hydrogens (primary N) is 1. The van der Waals surface area contributed by atoms with Gasteiger partial charge in [0.25, 0.3) is 5.91 Å². The zero-order valence-corrected chi connectivity index (χ0v) is 21.6. The maximum Gasteiger partial charge on any atom is 0.404 e. The van der Waals surface area contributed by atoms with E-state index in [-0.39, 0.29) is 12.1 Å². The van der Waals surface area contributed by atoms with Crippen LogP contribution in [0.1, 0.15) is 40.2 Å². The Labute approximate surface area is 222 Å². The molecule has 192 valence electrons. The maximum atomic E-state index is 12.3. The Morgan fingerprint density at radius 3 is 2.89 bits per heavy atom. The third kappa shape index (κ3) is 5.41. The van der Waals surface area contributed by atoms with Crippen LogP contribution in [-0.2, 0) is 6.54 Å². The number of hydrogen-bond donors (Lipinski definition) is 3. The van der Waals surface area contributed by atoms with Crippen LogP contribution in [0.15, 0.2) is 54.9 Å². The molecule has 0 unspecified atom stereocenters. The van der Waals surface area contributed by atoms with Crippen LogP contribution in [0.25, 0.3) is 16.2 Å². The van der Waals surface area contributed by atoms with E-state index < -0.39 is 12.0 Å². The number of carbonyl (C=O) groups is 2. The molecule has 1 fully saturated rings. The average molecular weight is 540 g/mol. The number of rotatable bonds is 8. The van der Waals surface area contributed by atoms with Crippen LogP contribution in [0, 0.1) is 0 Å². The highest BCUT2D eigenvalue weighted by Crippen LogP contribution is 2.39. The lowest BCUT2D eigenvalue weighted by atomic mass is 10.1. The van der Waals surface area contributed by atoms with E-state index in [4.69, 9.17) is 27.2 Å². The summed E-state index contributed by atoms with van der Waals surface area (Å²) in [6.45, 7) is 4.04. The van der Waals surface area contributed by atoms with Crippen molar-refractivity contribution in [2.75, 3.05) is 13.1 Å². The molecular formula is C26H26ClN5O4S. The van der Waals surface area contributed by atoms with E-state index in [1.165, 1.54) is 11.3 Å². The minimum absolute atomic E-state index is 0.0602. The first kappa shape index (κ1) is 25.1. The second-order valence-electron chi connectivity index (χ2n) is 9.03. The number of aromatic nitrogens is 2. The van der Waals surface area contributed by atoms with Crippen molar-refractivity contribution in [3.05, 3.63) is 75.9 Å². The van der Waals surface area contributed by atoms with Crippen LogP contribution in [0.3, 0.4) is 0 Å². The van der Waals surface area contributed by atoms with E-state index in [0.717, 1.165) is 40.3 Å². The SMILES string of the molecule is C[C@@H](Oc1cc(-c2cnc3ccc(CN4CC[C@H](NC(=O)O)C4)cn23)sc1C(N)=O)c1ccccc1Cl. The number of halogens is 1. The summed E-state index contributed by atoms with van der Waals surface area (Å²) in [5, 5.41) is 12.1. The van der Waals surface area contributed by atoms with E-state index in [1.807, 2.05) is 53.9 Å². The summed E-state index contributed by atoms with van der Waals surface area (Å²) in [7, 11) is 0. The van der Waals surface area contributed by atoms with Crippen LogP contribution >= 0.6 is 22.9 Å². The van der Waals surface area contributed by atoms with Crippen LogP contribution in [0.5, 0.6) is 5.75 Å². The molecule has 1 aliphatic rings. The summed E-state index contributed by atoms with van der Waals surface area (Å²) in [4.78, 5) is 31.1. The van der Waals surface area contributed by atoms with E-state index in [2.05, 4.69) is 15.2 Å². The van der Waals surface area contributed by atoms with Crippen molar-refractivity contribution in [3.8, 4) is 16.3 Å². The zero-order chi connectivity index (χ0) is 26.1. The number of amides is 2. The Balaban J connectivity index is 1.40. The number of primary amides is 1. The number of ether oxygens (including phenoxy) is 1. The molecule has 0 bridgehead atoms. The minimum Gasteiger partial charge on any atom is -0.484 e. The molecular weight excluding hydrogens is 514 g/mol. The first-order chi connectivity index (χ1) is 17.8. The van der Waals surface area contributed by atoms with E-state index in [0.29, 0.717) is 28.7 Å². The fraction of sp³-hybridized carbons (Fsp3) is 0.269. The summed E-state index contributed by atoms with van der Waals surface area (Å²) in [5.74, 6) is -0.161. The maximum absolute atomic E-state index is 12.3. The molecule has 9 nitrogen and oxygen atoms in total. The van der Waals surface area contributed by atoms with Crippen molar-refractivity contribution < 1.29 is 19.4 Å². The standard InChI is InChI=1S/C26H26ClN5O4S/c1-15(18-4-2-3-5-19(18)27)36-21-10-22(37-24(21)25(28)33)20-11-29-23-7-6-16(13-32(20)23)12-31-9-8-17(14-31)30-26(34)35/h2-7,10-11,13,15,17,30H,8-9,12,14H2,1H3,(H2,28,33)(H,34,35)/t15-,17+/m1/s1. The fourth-order valence-electron chi connectivity index (χ4n) is 4.65. The van der Waals surface area contributed by atoms with Gasteiger partial charge in [-0.15, -0.1) is 11.3 Å². The van der Waals surface area contributed by atoms with E-state index >= 15 is 0 Å². The van der Waals surface area contributed by atoms with Crippen LogP contribution < -0.4 is 15.8 Å². The van der Waals surface area contributed by atoms with E-state index in [9.17, 15) is 9.59 Å². The number of nitrogens with zero attached hydrogens (tertiary/aromatic N) is 3. The van der Waals surface area contributed by atoms with Gasteiger partial charge in [-0.1, -0.05) is 35.9 Å². The lowest BCUT2D eigenvalue weighted by molar-refractivity contribution is 0.0998. The van der Waals surface area contributed by atoms with Crippen LogP contribution in [0.2, 0.25) is 5.02 Å². The number of benzene rings is 1. The molecule has 4 heterocycles. The van der Waals surface area contributed by atoms with Gasteiger partial charge in [-0.05, 0) is 31.0 Å². The monoisotopic (exact) mass is 539 g/mol. The highest BCUT2D eigenvalue weighted by atomic mass is 35.5. The predicted octanol–water partition coefficient (Wildman–Crippen LogP) is 4.80. The summed E-state index contributed by atoms with van der Waals surface area (Å²) in [6.07, 6.45) is 3.19. The normalized spacial score (nSPS) is 16.6. The molecule has 0 aliphatic carbocycles. The zero-order valence-electron chi connectivity index (χ0n) is 20.1. The number of carboxylic acid groups (broad SMARTS) is 1. The molecule has 0 saturated carbocycles. The number of carbonyl (C=O) groups excluding carboxylic acids is 1. The van der Waals surface area contributed by atoms with Gasteiger partial charge < -0.3 is 20.9 Å². The first-order valence-electron chi connectivity index (χ1n) is 11.8. The predicted molar refractivity (Wildman–Crippen MR) is 142 cm³/mol. The van der Waals surface area contributed by atoms with E-state index in [1.54, 1.807) is 12.3 Å². The molecule has 1 aliphatic heterocycles. The number of fused-ring (bicyclic) bond motifs is 1. The largest absolute Gasteiger partial charge is 0.484 e. The van der Waals surface area contributed by atoms with Gasteiger partial charge in [-0.2, -0.15) is 0 Å². The van der Waals surface area contributed by atoms with Crippen molar-refractivity contribution in [1.29, 1.82) is 0 Å². The first-order valence-corrected chi connectivity index (χ1v) is 13.0. The molecule has 4 N–H and O–H groups in total. The van der Waals surface area contributed by atoms with Gasteiger partial charge >= 0.3 is 6.09 Å². The molecule has 5 rings (SSSR count). The van der Waals surface area contributed by atoms with Gasteiger partial charge in [0.2, 0.25) is 0 Å². The number of pyridine rings is 1. The van der Waals surface area contributed by atoms with Crippen LogP contribution in [0.4, 0.5) is 4.79 Å². The van der Waals surface area contributed by atoms with Crippen molar-refractivity contribution in [3.63, 3.8) is 0 Å².